The minimum atomic E-state index is -0.261. The van der Waals surface area contributed by atoms with Crippen molar-refractivity contribution in [3.05, 3.63) is 64.9 Å². The molecule has 0 aliphatic rings. The van der Waals surface area contributed by atoms with Crippen molar-refractivity contribution in [2.24, 2.45) is 0 Å². The zero-order chi connectivity index (χ0) is 19.2. The van der Waals surface area contributed by atoms with Gasteiger partial charge in [-0.1, -0.05) is 56.1 Å². The first-order chi connectivity index (χ1) is 13.1. The van der Waals surface area contributed by atoms with E-state index in [-0.39, 0.29) is 11.9 Å². The molecule has 0 bridgehead atoms. The lowest BCUT2D eigenvalue weighted by Gasteiger charge is -2.21. The molecule has 0 aliphatic carbocycles. The molecule has 1 amide bonds. The Bertz CT molecular complexity index is 919. The van der Waals surface area contributed by atoms with E-state index < -0.39 is 0 Å². The highest BCUT2D eigenvalue weighted by Crippen LogP contribution is 2.26. The van der Waals surface area contributed by atoms with E-state index in [1.165, 1.54) is 0 Å². The average Bonchev–Trinajstić information content (AvgIpc) is 3.01. The number of fused-ring (bicyclic) bond motifs is 1. The summed E-state index contributed by atoms with van der Waals surface area (Å²) in [5, 5.41) is 3.77. The van der Waals surface area contributed by atoms with E-state index >= 15 is 0 Å². The van der Waals surface area contributed by atoms with Gasteiger partial charge in [0.25, 0.3) is 0 Å². The lowest BCUT2D eigenvalue weighted by molar-refractivity contribution is -0.124. The molecule has 2 aromatic carbocycles. The predicted octanol–water partition coefficient (Wildman–Crippen LogP) is 5.15. The van der Waals surface area contributed by atoms with Crippen molar-refractivity contribution in [3.8, 4) is 0 Å². The lowest BCUT2D eigenvalue weighted by Crippen LogP contribution is -2.33. The molecule has 1 N–H and O–H groups in total. The van der Waals surface area contributed by atoms with E-state index in [4.69, 9.17) is 16.6 Å². The van der Waals surface area contributed by atoms with Gasteiger partial charge in [0.2, 0.25) is 5.91 Å². The molecular formula is C22H26ClN3O. The van der Waals surface area contributed by atoms with Crippen molar-refractivity contribution in [2.45, 2.75) is 45.6 Å². The summed E-state index contributed by atoms with van der Waals surface area (Å²) in [7, 11) is 0. The predicted molar refractivity (Wildman–Crippen MR) is 111 cm³/mol. The summed E-state index contributed by atoms with van der Waals surface area (Å²) in [6.07, 6.45) is 3.26. The summed E-state index contributed by atoms with van der Waals surface area (Å²) in [5.74, 6) is 0.956. The maximum atomic E-state index is 12.9. The van der Waals surface area contributed by atoms with Gasteiger partial charge < -0.3 is 9.88 Å². The van der Waals surface area contributed by atoms with Gasteiger partial charge in [0.1, 0.15) is 11.9 Å². The molecule has 27 heavy (non-hydrogen) atoms. The van der Waals surface area contributed by atoms with E-state index in [0.29, 0.717) is 18.0 Å². The summed E-state index contributed by atoms with van der Waals surface area (Å²) >= 11 is 6.16. The number of imidazole rings is 1. The molecule has 0 fully saturated rings. The van der Waals surface area contributed by atoms with Crippen molar-refractivity contribution in [3.63, 3.8) is 0 Å². The highest BCUT2D eigenvalue weighted by Gasteiger charge is 2.24. The standard InChI is InChI=1S/C22H26ClN3O/c1-3-8-20(22(27)24-13-4-2)26-19-12-6-5-11-18(19)25-21(26)15-16-9-7-10-17(23)14-16/h5-7,9-12,14,20H,3-4,8,13,15H2,1-2H3,(H,24,27)/t20-/m0/s1. The first-order valence-corrected chi connectivity index (χ1v) is 9.99. The Morgan fingerprint density at radius 1 is 1.15 bits per heavy atom. The van der Waals surface area contributed by atoms with Gasteiger partial charge in [0.15, 0.2) is 0 Å². The molecular weight excluding hydrogens is 358 g/mol. The fourth-order valence-electron chi connectivity index (χ4n) is 3.41. The maximum absolute atomic E-state index is 12.9. The maximum Gasteiger partial charge on any atom is 0.243 e. The molecule has 3 aromatic rings. The van der Waals surface area contributed by atoms with Crippen molar-refractivity contribution < 1.29 is 4.79 Å². The molecule has 0 saturated carbocycles. The number of nitrogens with one attached hydrogen (secondary N) is 1. The molecule has 0 radical (unpaired) electrons. The smallest absolute Gasteiger partial charge is 0.243 e. The molecule has 4 nitrogen and oxygen atoms in total. The van der Waals surface area contributed by atoms with Crippen LogP contribution < -0.4 is 5.32 Å². The Kier molecular flexibility index (Phi) is 6.51. The van der Waals surface area contributed by atoms with Crippen LogP contribution in [0.5, 0.6) is 0 Å². The Morgan fingerprint density at radius 3 is 2.70 bits per heavy atom. The van der Waals surface area contributed by atoms with Crippen molar-refractivity contribution in [1.82, 2.24) is 14.9 Å². The van der Waals surface area contributed by atoms with Gasteiger partial charge in [-0.05, 0) is 42.7 Å². The SMILES string of the molecule is CCCNC(=O)[C@H](CCC)n1c(Cc2cccc(Cl)c2)nc2ccccc21. The van der Waals surface area contributed by atoms with E-state index in [0.717, 1.165) is 41.7 Å². The third-order valence-corrected chi connectivity index (χ3v) is 4.88. The second kappa shape index (κ2) is 9.05. The fraction of sp³-hybridized carbons (Fsp3) is 0.364. The lowest BCUT2D eigenvalue weighted by atomic mass is 10.1. The molecule has 1 atom stereocenters. The Labute approximate surface area is 165 Å². The van der Waals surface area contributed by atoms with Gasteiger partial charge in [0.05, 0.1) is 11.0 Å². The van der Waals surface area contributed by atoms with Crippen LogP contribution >= 0.6 is 11.6 Å². The monoisotopic (exact) mass is 383 g/mol. The number of rotatable bonds is 8. The summed E-state index contributed by atoms with van der Waals surface area (Å²) in [6.45, 7) is 4.86. The van der Waals surface area contributed by atoms with Gasteiger partial charge >= 0.3 is 0 Å². The second-order valence-electron chi connectivity index (χ2n) is 6.79. The van der Waals surface area contributed by atoms with E-state index in [2.05, 4.69) is 23.7 Å². The number of amides is 1. The fourth-order valence-corrected chi connectivity index (χ4v) is 3.63. The summed E-state index contributed by atoms with van der Waals surface area (Å²) in [6, 6.07) is 15.6. The normalized spacial score (nSPS) is 12.3. The first kappa shape index (κ1) is 19.4. The van der Waals surface area contributed by atoms with Crippen molar-refractivity contribution in [1.29, 1.82) is 0 Å². The summed E-state index contributed by atoms with van der Waals surface area (Å²) < 4.78 is 2.12. The van der Waals surface area contributed by atoms with E-state index in [1.54, 1.807) is 0 Å². The summed E-state index contributed by atoms with van der Waals surface area (Å²) in [4.78, 5) is 17.8. The van der Waals surface area contributed by atoms with Crippen LogP contribution in [-0.2, 0) is 11.2 Å². The molecule has 1 aromatic heterocycles. The number of carbonyl (C=O) groups excluding carboxylic acids is 1. The molecule has 0 spiro atoms. The molecule has 5 heteroatoms. The Hall–Kier alpha value is -2.33. The van der Waals surface area contributed by atoms with E-state index in [1.807, 2.05) is 48.5 Å². The number of halogens is 1. The van der Waals surface area contributed by atoms with Crippen LogP contribution in [0.1, 0.15) is 50.5 Å². The van der Waals surface area contributed by atoms with Gasteiger partial charge in [-0.15, -0.1) is 0 Å². The molecule has 1 heterocycles. The van der Waals surface area contributed by atoms with Gasteiger partial charge in [-0.25, -0.2) is 4.98 Å². The van der Waals surface area contributed by atoms with Gasteiger partial charge in [-0.3, -0.25) is 4.79 Å². The average molecular weight is 384 g/mol. The Morgan fingerprint density at radius 2 is 1.96 bits per heavy atom. The third-order valence-electron chi connectivity index (χ3n) is 4.65. The molecule has 0 unspecified atom stereocenters. The van der Waals surface area contributed by atoms with E-state index in [9.17, 15) is 4.79 Å². The zero-order valence-electron chi connectivity index (χ0n) is 15.9. The number of nitrogens with zero attached hydrogens (tertiary/aromatic N) is 2. The number of hydrogen-bond donors (Lipinski definition) is 1. The van der Waals surface area contributed by atoms with Crippen LogP contribution in [0, 0.1) is 0 Å². The zero-order valence-corrected chi connectivity index (χ0v) is 16.7. The third kappa shape index (κ3) is 4.51. The highest BCUT2D eigenvalue weighted by molar-refractivity contribution is 6.30. The number of hydrogen-bond acceptors (Lipinski definition) is 2. The van der Waals surface area contributed by atoms with Gasteiger partial charge in [-0.2, -0.15) is 0 Å². The molecule has 3 rings (SSSR count). The van der Waals surface area contributed by atoms with Crippen molar-refractivity contribution in [2.75, 3.05) is 6.54 Å². The number of para-hydroxylation sites is 2. The minimum absolute atomic E-state index is 0.0641. The van der Waals surface area contributed by atoms with Crippen LogP contribution in [0.2, 0.25) is 5.02 Å². The molecule has 0 saturated heterocycles. The quantitative estimate of drug-likeness (QED) is 0.584. The van der Waals surface area contributed by atoms with Crippen LogP contribution in [-0.4, -0.2) is 22.0 Å². The number of benzene rings is 2. The largest absolute Gasteiger partial charge is 0.354 e. The van der Waals surface area contributed by atoms with Crippen molar-refractivity contribution >= 4 is 28.5 Å². The van der Waals surface area contributed by atoms with Crippen LogP contribution in [0.15, 0.2) is 48.5 Å². The first-order valence-electron chi connectivity index (χ1n) is 9.62. The molecule has 142 valence electrons. The number of aromatic nitrogens is 2. The highest BCUT2D eigenvalue weighted by atomic mass is 35.5. The van der Waals surface area contributed by atoms with Crippen LogP contribution in [0.4, 0.5) is 0 Å². The number of carbonyl (C=O) groups is 1. The molecule has 0 aliphatic heterocycles. The van der Waals surface area contributed by atoms with Gasteiger partial charge in [0, 0.05) is 18.0 Å². The second-order valence-corrected chi connectivity index (χ2v) is 7.23. The topological polar surface area (TPSA) is 46.9 Å². The summed E-state index contributed by atoms with van der Waals surface area (Å²) in [5.41, 5.74) is 3.00. The minimum Gasteiger partial charge on any atom is -0.354 e. The Balaban J connectivity index is 2.06. The van der Waals surface area contributed by atoms with Crippen LogP contribution in [0.3, 0.4) is 0 Å². The van der Waals surface area contributed by atoms with Crippen LogP contribution in [0.25, 0.3) is 11.0 Å².